The van der Waals surface area contributed by atoms with Crippen LogP contribution in [0.2, 0.25) is 0 Å². The van der Waals surface area contributed by atoms with Gasteiger partial charge in [0.25, 0.3) is 0 Å². The lowest BCUT2D eigenvalue weighted by Gasteiger charge is -2.22. The van der Waals surface area contributed by atoms with Gasteiger partial charge in [-0.15, -0.1) is 12.4 Å². The minimum atomic E-state index is -0.236. The third-order valence-electron chi connectivity index (χ3n) is 3.62. The molecule has 0 radical (unpaired) electrons. The van der Waals surface area contributed by atoms with Crippen molar-refractivity contribution < 1.29 is 9.13 Å². The van der Waals surface area contributed by atoms with Crippen molar-refractivity contribution in [2.45, 2.75) is 13.3 Å². The van der Waals surface area contributed by atoms with E-state index in [-0.39, 0.29) is 23.6 Å². The second-order valence-electron chi connectivity index (χ2n) is 5.34. The fourth-order valence-corrected chi connectivity index (χ4v) is 2.31. The van der Waals surface area contributed by atoms with Gasteiger partial charge in [0.15, 0.2) is 0 Å². The van der Waals surface area contributed by atoms with E-state index in [2.05, 4.69) is 11.8 Å². The zero-order chi connectivity index (χ0) is 13.0. The summed E-state index contributed by atoms with van der Waals surface area (Å²) < 4.78 is 18.3. The maximum atomic E-state index is 12.7. The number of halogens is 2. The Morgan fingerprint density at radius 3 is 2.63 bits per heavy atom. The van der Waals surface area contributed by atoms with Crippen molar-refractivity contribution in [2.75, 3.05) is 32.8 Å². The van der Waals surface area contributed by atoms with E-state index in [0.29, 0.717) is 6.61 Å². The largest absolute Gasteiger partial charge is 0.492 e. The van der Waals surface area contributed by atoms with Gasteiger partial charge in [0.05, 0.1) is 0 Å². The van der Waals surface area contributed by atoms with Crippen molar-refractivity contribution >= 4 is 12.4 Å². The Balaban J connectivity index is 0.00000180. The molecule has 1 aliphatic heterocycles. The Kier molecular flexibility index (Phi) is 6.04. The summed E-state index contributed by atoms with van der Waals surface area (Å²) in [6.45, 7) is 6.62. The van der Waals surface area contributed by atoms with Crippen molar-refractivity contribution in [1.29, 1.82) is 0 Å². The standard InChI is InChI=1S/C14H21FN2O.ClH/c1-14(10-16)6-7-17(11-14)8-9-18-13-4-2-12(15)3-5-13;/h2-5H,6-11,16H2,1H3;1H. The Morgan fingerprint density at radius 2 is 2.05 bits per heavy atom. The molecule has 1 aromatic carbocycles. The number of nitrogens with two attached hydrogens (primary N) is 1. The van der Waals surface area contributed by atoms with Crippen LogP contribution in [0.4, 0.5) is 4.39 Å². The maximum Gasteiger partial charge on any atom is 0.123 e. The van der Waals surface area contributed by atoms with Crippen LogP contribution in [0, 0.1) is 11.2 Å². The van der Waals surface area contributed by atoms with Crippen LogP contribution in [0.5, 0.6) is 5.75 Å². The normalized spacial score (nSPS) is 23.1. The van der Waals surface area contributed by atoms with Crippen molar-refractivity contribution in [3.05, 3.63) is 30.1 Å². The van der Waals surface area contributed by atoms with Crippen LogP contribution in [-0.4, -0.2) is 37.7 Å². The molecule has 1 heterocycles. The molecular formula is C14H22ClFN2O. The first-order chi connectivity index (χ1) is 8.61. The molecule has 2 rings (SSSR count). The lowest BCUT2D eigenvalue weighted by Crippen LogP contribution is -2.33. The summed E-state index contributed by atoms with van der Waals surface area (Å²) in [7, 11) is 0. The summed E-state index contributed by atoms with van der Waals surface area (Å²) in [4.78, 5) is 2.37. The monoisotopic (exact) mass is 288 g/mol. The van der Waals surface area contributed by atoms with Gasteiger partial charge in [-0.1, -0.05) is 6.92 Å². The van der Waals surface area contributed by atoms with Crippen molar-refractivity contribution in [1.82, 2.24) is 4.90 Å². The molecule has 1 fully saturated rings. The maximum absolute atomic E-state index is 12.7. The highest BCUT2D eigenvalue weighted by atomic mass is 35.5. The summed E-state index contributed by atoms with van der Waals surface area (Å²) in [5.74, 6) is 0.484. The lowest BCUT2D eigenvalue weighted by atomic mass is 9.90. The van der Waals surface area contributed by atoms with Gasteiger partial charge in [0, 0.05) is 13.1 Å². The second kappa shape index (κ2) is 7.08. The molecule has 0 aromatic heterocycles. The molecule has 1 aliphatic rings. The average molecular weight is 289 g/mol. The van der Waals surface area contributed by atoms with E-state index in [1.165, 1.54) is 12.1 Å². The van der Waals surface area contributed by atoms with Gasteiger partial charge in [-0.05, 0) is 49.2 Å². The van der Waals surface area contributed by atoms with Crippen LogP contribution in [0.15, 0.2) is 24.3 Å². The zero-order valence-electron chi connectivity index (χ0n) is 11.3. The van der Waals surface area contributed by atoms with E-state index in [4.69, 9.17) is 10.5 Å². The van der Waals surface area contributed by atoms with Crippen LogP contribution in [0.3, 0.4) is 0 Å². The van der Waals surface area contributed by atoms with Crippen LogP contribution in [0.1, 0.15) is 13.3 Å². The van der Waals surface area contributed by atoms with Crippen molar-refractivity contribution in [3.63, 3.8) is 0 Å². The second-order valence-corrected chi connectivity index (χ2v) is 5.34. The molecule has 0 saturated carbocycles. The average Bonchev–Trinajstić information content (AvgIpc) is 2.75. The quantitative estimate of drug-likeness (QED) is 0.903. The molecule has 19 heavy (non-hydrogen) atoms. The summed E-state index contributed by atoms with van der Waals surface area (Å²) in [6, 6.07) is 6.14. The topological polar surface area (TPSA) is 38.5 Å². The Bertz CT molecular complexity index is 388. The first-order valence-corrected chi connectivity index (χ1v) is 6.42. The fourth-order valence-electron chi connectivity index (χ4n) is 2.31. The van der Waals surface area contributed by atoms with Crippen molar-refractivity contribution in [2.24, 2.45) is 11.1 Å². The number of ether oxygens (including phenoxy) is 1. The summed E-state index contributed by atoms with van der Waals surface area (Å²) in [5.41, 5.74) is 6.03. The minimum absolute atomic E-state index is 0. The van der Waals surface area contributed by atoms with Gasteiger partial charge in [-0.25, -0.2) is 4.39 Å². The van der Waals surface area contributed by atoms with Gasteiger partial charge in [0.2, 0.25) is 0 Å². The summed E-state index contributed by atoms with van der Waals surface area (Å²) in [5, 5.41) is 0. The highest BCUT2D eigenvalue weighted by Gasteiger charge is 2.31. The molecule has 108 valence electrons. The van der Waals surface area contributed by atoms with Gasteiger partial charge < -0.3 is 10.5 Å². The number of benzene rings is 1. The lowest BCUT2D eigenvalue weighted by molar-refractivity contribution is 0.219. The molecular weight excluding hydrogens is 267 g/mol. The molecule has 2 N–H and O–H groups in total. The molecule has 1 atom stereocenters. The molecule has 5 heteroatoms. The smallest absolute Gasteiger partial charge is 0.123 e. The third kappa shape index (κ3) is 4.64. The fraction of sp³-hybridized carbons (Fsp3) is 0.571. The number of nitrogens with zero attached hydrogens (tertiary/aromatic N) is 1. The van der Waals surface area contributed by atoms with E-state index in [1.54, 1.807) is 12.1 Å². The number of likely N-dealkylation sites (tertiary alicyclic amines) is 1. The first kappa shape index (κ1) is 16.2. The highest BCUT2D eigenvalue weighted by molar-refractivity contribution is 5.85. The Morgan fingerprint density at radius 1 is 1.37 bits per heavy atom. The Hall–Kier alpha value is -0.840. The summed E-state index contributed by atoms with van der Waals surface area (Å²) in [6.07, 6.45) is 1.15. The van der Waals surface area contributed by atoms with Crippen molar-refractivity contribution in [3.8, 4) is 5.75 Å². The van der Waals surface area contributed by atoms with Crippen LogP contribution < -0.4 is 10.5 Å². The van der Waals surface area contributed by atoms with Gasteiger partial charge in [0.1, 0.15) is 18.2 Å². The van der Waals surface area contributed by atoms with Gasteiger partial charge in [-0.2, -0.15) is 0 Å². The van der Waals surface area contributed by atoms with E-state index >= 15 is 0 Å². The SMILES string of the molecule is CC1(CN)CCN(CCOc2ccc(F)cc2)C1.Cl. The first-order valence-electron chi connectivity index (χ1n) is 6.42. The van der Waals surface area contributed by atoms with Crippen LogP contribution in [0.25, 0.3) is 0 Å². The van der Waals surface area contributed by atoms with E-state index in [0.717, 1.165) is 38.3 Å². The number of hydrogen-bond acceptors (Lipinski definition) is 3. The zero-order valence-corrected chi connectivity index (χ0v) is 12.1. The molecule has 1 unspecified atom stereocenters. The molecule has 3 nitrogen and oxygen atoms in total. The molecule has 0 bridgehead atoms. The molecule has 0 aliphatic carbocycles. The summed E-state index contributed by atoms with van der Waals surface area (Å²) >= 11 is 0. The predicted octanol–water partition coefficient (Wildman–Crippen LogP) is 2.30. The molecule has 0 spiro atoms. The number of rotatable bonds is 5. The highest BCUT2D eigenvalue weighted by Crippen LogP contribution is 2.28. The molecule has 1 saturated heterocycles. The van der Waals surface area contributed by atoms with Gasteiger partial charge in [-0.3, -0.25) is 4.90 Å². The molecule has 0 amide bonds. The van der Waals surface area contributed by atoms with E-state index < -0.39 is 0 Å². The number of hydrogen-bond donors (Lipinski definition) is 1. The molecule has 1 aromatic rings. The van der Waals surface area contributed by atoms with Crippen LogP contribution >= 0.6 is 12.4 Å². The third-order valence-corrected chi connectivity index (χ3v) is 3.62. The van der Waals surface area contributed by atoms with E-state index in [9.17, 15) is 4.39 Å². The Labute approximate surface area is 120 Å². The van der Waals surface area contributed by atoms with E-state index in [1.807, 2.05) is 0 Å². The van der Waals surface area contributed by atoms with Gasteiger partial charge >= 0.3 is 0 Å². The predicted molar refractivity (Wildman–Crippen MR) is 77.4 cm³/mol. The minimum Gasteiger partial charge on any atom is -0.492 e. The van der Waals surface area contributed by atoms with Crippen LogP contribution in [-0.2, 0) is 0 Å².